The molecule has 0 spiro atoms. The maximum absolute atomic E-state index is 12.6. The van der Waals surface area contributed by atoms with Gasteiger partial charge in [-0.1, -0.05) is 11.6 Å². The average molecular weight is 370 g/mol. The summed E-state index contributed by atoms with van der Waals surface area (Å²) in [4.78, 5) is 6.65. The number of sulfonamides is 1. The Morgan fingerprint density at radius 1 is 1.26 bits per heavy atom. The van der Waals surface area contributed by atoms with Crippen molar-refractivity contribution in [2.75, 3.05) is 12.3 Å². The standard InChI is InChI=1S/C12H10ClF3N4O2S/c1-17-23(21,22)8-4-2-7(3-5-8)19-11-18-6-9(10(13)20-11)12(14,15)16/h2-6,17H,1H3,(H,18,19,20)/i1D3. The molecule has 0 radical (unpaired) electrons. The Morgan fingerprint density at radius 2 is 1.91 bits per heavy atom. The molecule has 0 amide bonds. The van der Waals surface area contributed by atoms with Crippen molar-refractivity contribution in [1.82, 2.24) is 14.7 Å². The fourth-order valence-electron chi connectivity index (χ4n) is 1.52. The molecule has 1 heterocycles. The molecule has 11 heteroatoms. The summed E-state index contributed by atoms with van der Waals surface area (Å²) in [7, 11) is -4.25. The highest BCUT2D eigenvalue weighted by molar-refractivity contribution is 7.89. The van der Waals surface area contributed by atoms with Gasteiger partial charge in [-0.2, -0.15) is 13.2 Å². The Bertz CT molecular complexity index is 905. The number of halogens is 4. The summed E-state index contributed by atoms with van der Waals surface area (Å²) in [5, 5.41) is 1.75. The van der Waals surface area contributed by atoms with E-state index in [1.807, 2.05) is 0 Å². The Morgan fingerprint density at radius 3 is 2.43 bits per heavy atom. The van der Waals surface area contributed by atoms with Crippen molar-refractivity contribution in [2.24, 2.45) is 0 Å². The molecule has 1 aromatic carbocycles. The van der Waals surface area contributed by atoms with Crippen LogP contribution in [0.4, 0.5) is 24.8 Å². The molecule has 0 atom stereocenters. The lowest BCUT2D eigenvalue weighted by Crippen LogP contribution is -2.18. The summed E-state index contributed by atoms with van der Waals surface area (Å²) in [6, 6.07) is 4.70. The van der Waals surface area contributed by atoms with Crippen LogP contribution in [-0.2, 0) is 16.2 Å². The summed E-state index contributed by atoms with van der Waals surface area (Å²) in [5.74, 6) is -0.237. The van der Waals surface area contributed by atoms with Gasteiger partial charge in [-0.15, -0.1) is 0 Å². The number of aromatic nitrogens is 2. The van der Waals surface area contributed by atoms with Crippen molar-refractivity contribution < 1.29 is 25.7 Å². The lowest BCUT2D eigenvalue weighted by Gasteiger charge is -2.10. The number of benzene rings is 1. The van der Waals surface area contributed by atoms with E-state index in [-0.39, 0.29) is 16.5 Å². The Kier molecular flexibility index (Phi) is 3.70. The monoisotopic (exact) mass is 369 g/mol. The van der Waals surface area contributed by atoms with Crippen LogP contribution in [0, 0.1) is 0 Å². The summed E-state index contributed by atoms with van der Waals surface area (Å²) >= 11 is 5.47. The predicted octanol–water partition coefficient (Wildman–Crippen LogP) is 2.80. The first-order chi connectivity index (χ1) is 11.8. The van der Waals surface area contributed by atoms with Crippen LogP contribution in [0.1, 0.15) is 9.68 Å². The van der Waals surface area contributed by atoms with E-state index in [0.29, 0.717) is 6.20 Å². The van der Waals surface area contributed by atoms with E-state index in [2.05, 4.69) is 15.3 Å². The van der Waals surface area contributed by atoms with Crippen LogP contribution in [0.2, 0.25) is 5.15 Å². The van der Waals surface area contributed by atoms with E-state index in [9.17, 15) is 21.6 Å². The lowest BCUT2D eigenvalue weighted by atomic mass is 10.3. The summed E-state index contributed by atoms with van der Waals surface area (Å²) < 4.78 is 83.8. The van der Waals surface area contributed by atoms with Gasteiger partial charge in [0.15, 0.2) is 0 Å². The highest BCUT2D eigenvalue weighted by Gasteiger charge is 2.34. The summed E-state index contributed by atoms with van der Waals surface area (Å²) in [5.41, 5.74) is -0.949. The molecule has 1 aromatic heterocycles. The summed E-state index contributed by atoms with van der Waals surface area (Å²) in [6.07, 6.45) is -4.18. The lowest BCUT2D eigenvalue weighted by molar-refractivity contribution is -0.137. The average Bonchev–Trinajstić information content (AvgIpc) is 2.44. The van der Waals surface area contributed by atoms with Crippen molar-refractivity contribution in [1.29, 1.82) is 0 Å². The van der Waals surface area contributed by atoms with E-state index < -0.39 is 33.9 Å². The number of hydrogen-bond donors (Lipinski definition) is 2. The third kappa shape index (κ3) is 4.09. The fourth-order valence-corrected chi connectivity index (χ4v) is 2.37. The van der Waals surface area contributed by atoms with Gasteiger partial charge >= 0.3 is 6.18 Å². The number of nitrogens with one attached hydrogen (secondary N) is 2. The van der Waals surface area contributed by atoms with Crippen LogP contribution >= 0.6 is 11.6 Å². The summed E-state index contributed by atoms with van der Waals surface area (Å²) in [6.45, 7) is -2.89. The van der Waals surface area contributed by atoms with Gasteiger partial charge in [-0.05, 0) is 31.2 Å². The minimum atomic E-state index is -4.69. The number of anilines is 2. The van der Waals surface area contributed by atoms with E-state index in [0.717, 1.165) is 12.1 Å². The SMILES string of the molecule is [2H]C([2H])([2H])NS(=O)(=O)c1ccc(Nc2ncc(C(F)(F)F)c(Cl)n2)cc1. The van der Waals surface area contributed by atoms with Gasteiger partial charge in [0, 0.05) is 16.0 Å². The first-order valence-corrected chi connectivity index (χ1v) is 7.65. The van der Waals surface area contributed by atoms with Crippen LogP contribution in [0.25, 0.3) is 0 Å². The quantitative estimate of drug-likeness (QED) is 0.810. The smallest absolute Gasteiger partial charge is 0.324 e. The molecule has 23 heavy (non-hydrogen) atoms. The van der Waals surface area contributed by atoms with Gasteiger partial charge in [0.05, 0.1) is 4.90 Å². The first kappa shape index (κ1) is 13.5. The predicted molar refractivity (Wildman–Crippen MR) is 78.0 cm³/mol. The molecule has 6 nitrogen and oxygen atoms in total. The molecule has 0 saturated carbocycles. The Labute approximate surface area is 139 Å². The maximum atomic E-state index is 12.6. The molecule has 124 valence electrons. The zero-order valence-corrected chi connectivity index (χ0v) is 12.6. The molecule has 2 N–H and O–H groups in total. The van der Waals surface area contributed by atoms with Gasteiger partial charge in [0.2, 0.25) is 16.0 Å². The van der Waals surface area contributed by atoms with E-state index in [1.165, 1.54) is 16.9 Å². The highest BCUT2D eigenvalue weighted by Crippen LogP contribution is 2.33. The van der Waals surface area contributed by atoms with E-state index >= 15 is 0 Å². The fraction of sp³-hybridized carbons (Fsp3) is 0.167. The van der Waals surface area contributed by atoms with Gasteiger partial charge in [0.1, 0.15) is 10.7 Å². The Balaban J connectivity index is 2.19. The largest absolute Gasteiger partial charge is 0.420 e. The molecule has 0 saturated heterocycles. The molecule has 0 aliphatic rings. The van der Waals surface area contributed by atoms with Gasteiger partial charge in [-0.25, -0.2) is 23.1 Å². The van der Waals surface area contributed by atoms with E-state index in [1.54, 1.807) is 0 Å². The number of alkyl halides is 3. The van der Waals surface area contributed by atoms with Crippen LogP contribution in [-0.4, -0.2) is 25.4 Å². The molecule has 0 aliphatic heterocycles. The van der Waals surface area contributed by atoms with Crippen molar-refractivity contribution >= 4 is 33.3 Å². The second kappa shape index (κ2) is 6.30. The molecule has 2 aromatic rings. The minimum absolute atomic E-state index is 0.237. The normalized spacial score (nSPS) is 14.7. The third-order valence-corrected chi connectivity index (χ3v) is 4.05. The Hall–Kier alpha value is -1.91. The molecule has 0 unspecified atom stereocenters. The van der Waals surface area contributed by atoms with Crippen molar-refractivity contribution in [3.8, 4) is 0 Å². The van der Waals surface area contributed by atoms with Crippen LogP contribution in [0.3, 0.4) is 0 Å². The zero-order chi connectivity index (χ0) is 19.8. The molecule has 2 rings (SSSR count). The second-order valence-corrected chi connectivity index (χ2v) is 6.19. The van der Waals surface area contributed by atoms with Crippen LogP contribution in [0.5, 0.6) is 0 Å². The number of hydrogen-bond acceptors (Lipinski definition) is 5. The molecular weight excluding hydrogens is 357 g/mol. The van der Waals surface area contributed by atoms with E-state index in [4.69, 9.17) is 15.7 Å². The number of rotatable bonds is 4. The first-order valence-electron chi connectivity index (χ1n) is 7.29. The molecular formula is C12H10ClF3N4O2S. The van der Waals surface area contributed by atoms with Crippen molar-refractivity contribution in [3.05, 3.63) is 41.2 Å². The van der Waals surface area contributed by atoms with Crippen molar-refractivity contribution in [2.45, 2.75) is 11.1 Å². The molecule has 0 aliphatic carbocycles. The van der Waals surface area contributed by atoms with Crippen LogP contribution < -0.4 is 10.0 Å². The van der Waals surface area contributed by atoms with Gasteiger partial charge < -0.3 is 5.32 Å². The molecule has 0 fully saturated rings. The van der Waals surface area contributed by atoms with Crippen LogP contribution in [0.15, 0.2) is 35.4 Å². The van der Waals surface area contributed by atoms with Gasteiger partial charge in [-0.3, -0.25) is 0 Å². The second-order valence-electron chi connectivity index (χ2n) is 4.15. The number of nitrogens with zero attached hydrogens (tertiary/aromatic N) is 2. The topological polar surface area (TPSA) is 84.0 Å². The van der Waals surface area contributed by atoms with Crippen molar-refractivity contribution in [3.63, 3.8) is 0 Å². The maximum Gasteiger partial charge on any atom is 0.420 e. The minimum Gasteiger partial charge on any atom is -0.324 e. The van der Waals surface area contributed by atoms with Gasteiger partial charge in [0.25, 0.3) is 0 Å². The third-order valence-electron chi connectivity index (χ3n) is 2.60. The molecule has 0 bridgehead atoms. The highest BCUT2D eigenvalue weighted by atomic mass is 35.5. The zero-order valence-electron chi connectivity index (χ0n) is 14.0.